The number of carbonyl (C=O) groups excluding carboxylic acids is 1. The zero-order chi connectivity index (χ0) is 22.8. The zero-order valence-corrected chi connectivity index (χ0v) is 22.0. The van der Waals surface area contributed by atoms with E-state index in [2.05, 4.69) is 36.9 Å². The Bertz CT molecular complexity index is 1140. The number of carbonyl (C=O) groups is 1. The Morgan fingerprint density at radius 3 is 2.66 bits per heavy atom. The van der Waals surface area contributed by atoms with Crippen LogP contribution in [0, 0.1) is 0 Å². The number of halogens is 3. The molecule has 9 heteroatoms. The first kappa shape index (κ1) is 23.4. The van der Waals surface area contributed by atoms with E-state index in [-0.39, 0.29) is 12.0 Å². The third-order valence-electron chi connectivity index (χ3n) is 4.98. The molecular weight excluding hydrogens is 580 g/mol. The second kappa shape index (κ2) is 10.0. The lowest BCUT2D eigenvalue weighted by atomic mass is 9.95. The van der Waals surface area contributed by atoms with Crippen molar-refractivity contribution in [3.63, 3.8) is 0 Å². The highest BCUT2D eigenvalue weighted by atomic mass is 79.9. The lowest BCUT2D eigenvalue weighted by Crippen LogP contribution is -2.34. The van der Waals surface area contributed by atoms with E-state index in [9.17, 15) is 4.79 Å². The molecule has 0 radical (unpaired) electrons. The van der Waals surface area contributed by atoms with Gasteiger partial charge in [-0.1, -0.05) is 41.6 Å². The van der Waals surface area contributed by atoms with E-state index < -0.39 is 0 Å². The minimum absolute atomic E-state index is 0.297. The Hall–Kier alpha value is -1.74. The lowest BCUT2D eigenvalue weighted by molar-refractivity contribution is -0.139. The Labute approximate surface area is 212 Å². The van der Waals surface area contributed by atoms with Gasteiger partial charge in [-0.2, -0.15) is 0 Å². The van der Waals surface area contributed by atoms with Gasteiger partial charge in [-0.05, 0) is 74.9 Å². The van der Waals surface area contributed by atoms with Crippen LogP contribution in [0.4, 0.5) is 0 Å². The maximum absolute atomic E-state index is 12.8. The van der Waals surface area contributed by atoms with Crippen molar-refractivity contribution in [2.75, 3.05) is 6.61 Å². The molecule has 0 amide bonds. The number of fused-ring (bicyclic) bond motifs is 1. The number of amidine groups is 1. The second-order valence-electron chi connectivity index (χ2n) is 7.02. The molecule has 0 saturated carbocycles. The Kier molecular flexibility index (Phi) is 7.34. The van der Waals surface area contributed by atoms with Gasteiger partial charge in [0.25, 0.3) is 0 Å². The van der Waals surface area contributed by atoms with E-state index in [1.54, 1.807) is 6.92 Å². The van der Waals surface area contributed by atoms with Gasteiger partial charge in [0.15, 0.2) is 5.17 Å². The highest BCUT2D eigenvalue weighted by Crippen LogP contribution is 2.44. The van der Waals surface area contributed by atoms with Crippen molar-refractivity contribution in [1.82, 2.24) is 4.90 Å². The van der Waals surface area contributed by atoms with Gasteiger partial charge in [0.2, 0.25) is 0 Å². The number of benzene rings is 2. The van der Waals surface area contributed by atoms with Crippen LogP contribution >= 0.6 is 55.2 Å². The van der Waals surface area contributed by atoms with Crippen molar-refractivity contribution in [3.8, 4) is 5.75 Å². The summed E-state index contributed by atoms with van der Waals surface area (Å²) in [4.78, 5) is 19.4. The Balaban J connectivity index is 1.69. The molecule has 0 saturated heterocycles. The van der Waals surface area contributed by atoms with Gasteiger partial charge in [-0.3, -0.25) is 0 Å². The van der Waals surface area contributed by atoms with Gasteiger partial charge in [0.1, 0.15) is 12.4 Å². The molecule has 0 unspecified atom stereocenters. The highest BCUT2D eigenvalue weighted by molar-refractivity contribution is 9.11. The quantitative estimate of drug-likeness (QED) is 0.329. The smallest absolute Gasteiger partial charge is 0.338 e. The number of nitrogens with zero attached hydrogens (tertiary/aromatic N) is 2. The largest absolute Gasteiger partial charge is 0.486 e. The number of aliphatic imine (C=N–C) groups is 1. The van der Waals surface area contributed by atoms with Crippen molar-refractivity contribution in [2.45, 2.75) is 26.5 Å². The third-order valence-corrected chi connectivity index (χ3v) is 7.30. The first-order valence-corrected chi connectivity index (χ1v) is 12.7. The minimum Gasteiger partial charge on any atom is -0.486 e. The van der Waals surface area contributed by atoms with E-state index >= 15 is 0 Å². The summed E-state index contributed by atoms with van der Waals surface area (Å²) in [5.41, 5.74) is 2.97. The minimum atomic E-state index is -0.366. The zero-order valence-electron chi connectivity index (χ0n) is 17.3. The van der Waals surface area contributed by atoms with Crippen molar-refractivity contribution < 1.29 is 14.3 Å². The lowest BCUT2D eigenvalue weighted by Gasteiger charge is -2.33. The second-order valence-corrected chi connectivity index (χ2v) is 10.0. The van der Waals surface area contributed by atoms with Crippen molar-refractivity contribution >= 4 is 66.4 Å². The predicted molar refractivity (Wildman–Crippen MR) is 136 cm³/mol. The van der Waals surface area contributed by atoms with Gasteiger partial charge >= 0.3 is 5.97 Å². The van der Waals surface area contributed by atoms with E-state index in [4.69, 9.17) is 21.1 Å². The summed E-state index contributed by atoms with van der Waals surface area (Å²) < 4.78 is 12.9. The molecule has 5 nitrogen and oxygen atoms in total. The molecule has 2 aliphatic heterocycles. The van der Waals surface area contributed by atoms with Crippen LogP contribution in [0.3, 0.4) is 0 Å². The molecule has 0 spiro atoms. The maximum Gasteiger partial charge on any atom is 0.338 e. The number of allylic oxidation sites excluding steroid dienone is 1. The maximum atomic E-state index is 12.8. The summed E-state index contributed by atoms with van der Waals surface area (Å²) >= 11 is 15.1. The van der Waals surface area contributed by atoms with E-state index in [1.807, 2.05) is 59.8 Å². The molecule has 2 heterocycles. The average Bonchev–Trinajstić information content (AvgIpc) is 3.21. The summed E-state index contributed by atoms with van der Waals surface area (Å²) in [6.45, 7) is 4.26. The summed E-state index contributed by atoms with van der Waals surface area (Å²) in [5.74, 6) is 0.289. The number of hydrogen-bond acceptors (Lipinski definition) is 6. The van der Waals surface area contributed by atoms with Crippen molar-refractivity contribution in [2.24, 2.45) is 4.99 Å². The standard InChI is InChI=1S/C23H19Br2ClN2O3S/c1-3-30-22(29)19-13(2)27-23-28(8-9-32-23)20(19)15-10-16(24)21(17(25)11-15)31-12-14-6-4-5-7-18(14)26/h4-11,20H,3,12H2,1-2H3/t20-/m1/s1. The summed E-state index contributed by atoms with van der Waals surface area (Å²) in [6.07, 6.45) is 1.93. The normalized spacial score (nSPS) is 17.3. The van der Waals surface area contributed by atoms with Gasteiger partial charge in [-0.15, -0.1) is 0 Å². The van der Waals surface area contributed by atoms with Gasteiger partial charge in [-0.25, -0.2) is 9.79 Å². The summed E-state index contributed by atoms with van der Waals surface area (Å²) in [6, 6.07) is 11.1. The van der Waals surface area contributed by atoms with E-state index in [1.165, 1.54) is 11.8 Å². The predicted octanol–water partition coefficient (Wildman–Crippen LogP) is 7.21. The topological polar surface area (TPSA) is 51.1 Å². The summed E-state index contributed by atoms with van der Waals surface area (Å²) in [7, 11) is 0. The molecular formula is C23H19Br2ClN2O3S. The van der Waals surface area contributed by atoms with Crippen molar-refractivity contribution in [3.05, 3.63) is 84.4 Å². The highest BCUT2D eigenvalue weighted by Gasteiger charge is 2.38. The number of hydrogen-bond donors (Lipinski definition) is 0. The molecule has 0 aromatic heterocycles. The Morgan fingerprint density at radius 1 is 1.25 bits per heavy atom. The van der Waals surface area contributed by atoms with Crippen LogP contribution in [0.1, 0.15) is 31.0 Å². The number of thioether (sulfide) groups is 1. The van der Waals surface area contributed by atoms with Gasteiger partial charge in [0.05, 0.1) is 32.9 Å². The molecule has 0 aliphatic carbocycles. The van der Waals surface area contributed by atoms with Crippen LogP contribution in [0.5, 0.6) is 5.75 Å². The molecule has 1 atom stereocenters. The van der Waals surface area contributed by atoms with Crippen LogP contribution in [0.25, 0.3) is 0 Å². The van der Waals surface area contributed by atoms with Crippen LogP contribution in [-0.4, -0.2) is 22.6 Å². The molecule has 2 aliphatic rings. The molecule has 4 rings (SSSR count). The fourth-order valence-corrected chi connectivity index (χ4v) is 5.97. The average molecular weight is 599 g/mol. The van der Waals surface area contributed by atoms with Crippen LogP contribution < -0.4 is 4.74 Å². The fourth-order valence-electron chi connectivity index (χ4n) is 3.54. The van der Waals surface area contributed by atoms with Gasteiger partial charge < -0.3 is 14.4 Å². The van der Waals surface area contributed by atoms with E-state index in [0.717, 1.165) is 25.2 Å². The van der Waals surface area contributed by atoms with Crippen molar-refractivity contribution in [1.29, 1.82) is 0 Å². The van der Waals surface area contributed by atoms with Crippen LogP contribution in [0.2, 0.25) is 5.02 Å². The summed E-state index contributed by atoms with van der Waals surface area (Å²) in [5, 5.41) is 3.44. The number of rotatable bonds is 6. The molecule has 0 fully saturated rings. The molecule has 166 valence electrons. The molecule has 0 N–H and O–H groups in total. The molecule has 2 aromatic rings. The number of esters is 1. The molecule has 0 bridgehead atoms. The SMILES string of the molecule is CCOC(=O)C1=C(C)N=C2SC=CN2[C@@H]1c1cc(Br)c(OCc2ccccc2Cl)c(Br)c1. The Morgan fingerprint density at radius 2 is 1.97 bits per heavy atom. The first-order valence-electron chi connectivity index (χ1n) is 9.84. The molecule has 2 aromatic carbocycles. The number of ether oxygens (including phenoxy) is 2. The molecule has 32 heavy (non-hydrogen) atoms. The van der Waals surface area contributed by atoms with Crippen LogP contribution in [-0.2, 0) is 16.1 Å². The van der Waals surface area contributed by atoms with Crippen LogP contribution in [0.15, 0.2) is 73.2 Å². The fraction of sp³-hybridized carbons (Fsp3) is 0.217. The monoisotopic (exact) mass is 596 g/mol. The first-order chi connectivity index (χ1) is 15.4. The third kappa shape index (κ3) is 4.64. The van der Waals surface area contributed by atoms with E-state index in [0.29, 0.717) is 35.3 Å². The van der Waals surface area contributed by atoms with Gasteiger partial charge in [0, 0.05) is 16.8 Å².